The Hall–Kier alpha value is -3.01. The first-order valence-electron chi connectivity index (χ1n) is 7.34. The fraction of sp³-hybridized carbons (Fsp3) is 0.0526. The molecule has 1 aromatic heterocycles. The van der Waals surface area contributed by atoms with Crippen LogP contribution in [0.15, 0.2) is 60.9 Å². The van der Waals surface area contributed by atoms with Gasteiger partial charge in [-0.1, -0.05) is 24.3 Å². The van der Waals surface area contributed by atoms with E-state index in [1.807, 2.05) is 36.4 Å². The molecule has 4 heteroatoms. The molecule has 0 saturated carbocycles. The average molecular weight is 304 g/mol. The molecular weight excluding hydrogens is 291 g/mol. The van der Waals surface area contributed by atoms with Crippen molar-refractivity contribution in [2.75, 3.05) is 5.32 Å². The first kappa shape index (κ1) is 13.6. The van der Waals surface area contributed by atoms with E-state index in [-0.39, 0.29) is 11.7 Å². The standard InChI is InChI=1S/C19H13FN2O/c20-17-11-18-15(10-19(23)22-18)9-16(17)14-3-1-12(2-4-14)13-5-7-21-8-6-13/h1-9,11H,10H2,(H,22,23). The summed E-state index contributed by atoms with van der Waals surface area (Å²) >= 11 is 0. The quantitative estimate of drug-likeness (QED) is 0.776. The molecule has 1 N–H and O–H groups in total. The van der Waals surface area contributed by atoms with Crippen LogP contribution in [0.1, 0.15) is 5.56 Å². The summed E-state index contributed by atoms with van der Waals surface area (Å²) in [6.07, 6.45) is 3.79. The fourth-order valence-electron chi connectivity index (χ4n) is 2.86. The molecule has 2 heterocycles. The Bertz CT molecular complexity index is 889. The Balaban J connectivity index is 1.72. The summed E-state index contributed by atoms with van der Waals surface area (Å²) in [6, 6.07) is 14.7. The van der Waals surface area contributed by atoms with Gasteiger partial charge in [0.1, 0.15) is 5.82 Å². The summed E-state index contributed by atoms with van der Waals surface area (Å²) in [7, 11) is 0. The highest BCUT2D eigenvalue weighted by atomic mass is 19.1. The summed E-state index contributed by atoms with van der Waals surface area (Å²) in [4.78, 5) is 15.4. The maximum Gasteiger partial charge on any atom is 0.228 e. The molecule has 23 heavy (non-hydrogen) atoms. The lowest BCUT2D eigenvalue weighted by Crippen LogP contribution is -2.03. The molecule has 0 unspecified atom stereocenters. The highest BCUT2D eigenvalue weighted by molar-refractivity contribution is 5.99. The highest BCUT2D eigenvalue weighted by Gasteiger charge is 2.20. The van der Waals surface area contributed by atoms with Crippen molar-refractivity contribution in [1.29, 1.82) is 0 Å². The Morgan fingerprint density at radius 2 is 1.57 bits per heavy atom. The van der Waals surface area contributed by atoms with E-state index in [0.29, 0.717) is 17.7 Å². The number of benzene rings is 2. The van der Waals surface area contributed by atoms with E-state index in [2.05, 4.69) is 10.3 Å². The van der Waals surface area contributed by atoms with Gasteiger partial charge in [-0.05, 0) is 46.5 Å². The molecule has 0 radical (unpaired) electrons. The molecule has 2 aromatic carbocycles. The van der Waals surface area contributed by atoms with E-state index in [0.717, 1.165) is 22.3 Å². The second-order valence-corrected chi connectivity index (χ2v) is 5.53. The molecule has 0 saturated heterocycles. The third-order valence-electron chi connectivity index (χ3n) is 4.03. The van der Waals surface area contributed by atoms with Crippen molar-refractivity contribution >= 4 is 11.6 Å². The molecule has 0 spiro atoms. The number of fused-ring (bicyclic) bond motifs is 1. The van der Waals surface area contributed by atoms with Gasteiger partial charge in [-0.2, -0.15) is 0 Å². The molecule has 1 amide bonds. The van der Waals surface area contributed by atoms with E-state index in [4.69, 9.17) is 0 Å². The van der Waals surface area contributed by atoms with Crippen LogP contribution in [0.5, 0.6) is 0 Å². The van der Waals surface area contributed by atoms with E-state index in [1.165, 1.54) is 6.07 Å². The molecule has 0 fully saturated rings. The van der Waals surface area contributed by atoms with Gasteiger partial charge in [0.25, 0.3) is 0 Å². The summed E-state index contributed by atoms with van der Waals surface area (Å²) in [5.41, 5.74) is 4.84. The van der Waals surface area contributed by atoms with Gasteiger partial charge in [-0.15, -0.1) is 0 Å². The zero-order valence-corrected chi connectivity index (χ0v) is 12.2. The van der Waals surface area contributed by atoms with Crippen LogP contribution >= 0.6 is 0 Å². The number of carbonyl (C=O) groups excluding carboxylic acids is 1. The number of nitrogens with zero attached hydrogens (tertiary/aromatic N) is 1. The summed E-state index contributed by atoms with van der Waals surface area (Å²) in [5, 5.41) is 2.66. The van der Waals surface area contributed by atoms with Gasteiger partial charge < -0.3 is 5.32 Å². The third kappa shape index (κ3) is 2.48. The van der Waals surface area contributed by atoms with E-state index in [1.54, 1.807) is 18.5 Å². The molecule has 112 valence electrons. The Kier molecular flexibility index (Phi) is 3.15. The van der Waals surface area contributed by atoms with E-state index in [9.17, 15) is 9.18 Å². The molecule has 3 nitrogen and oxygen atoms in total. The Morgan fingerprint density at radius 1 is 0.913 bits per heavy atom. The maximum atomic E-state index is 14.3. The van der Waals surface area contributed by atoms with Crippen molar-refractivity contribution in [3.8, 4) is 22.3 Å². The van der Waals surface area contributed by atoms with Crippen molar-refractivity contribution in [2.24, 2.45) is 0 Å². The minimum absolute atomic E-state index is 0.0930. The monoisotopic (exact) mass is 304 g/mol. The predicted molar refractivity (Wildman–Crippen MR) is 87.4 cm³/mol. The normalized spacial score (nSPS) is 12.8. The number of pyridine rings is 1. The number of rotatable bonds is 2. The third-order valence-corrected chi connectivity index (χ3v) is 4.03. The van der Waals surface area contributed by atoms with Crippen LogP contribution in [0.2, 0.25) is 0 Å². The van der Waals surface area contributed by atoms with E-state index >= 15 is 0 Å². The van der Waals surface area contributed by atoms with Gasteiger partial charge in [0.2, 0.25) is 5.91 Å². The number of amides is 1. The lowest BCUT2D eigenvalue weighted by atomic mass is 9.98. The van der Waals surface area contributed by atoms with Crippen LogP contribution in [-0.4, -0.2) is 10.9 Å². The van der Waals surface area contributed by atoms with Crippen LogP contribution in [0, 0.1) is 5.82 Å². The smallest absolute Gasteiger partial charge is 0.228 e. The van der Waals surface area contributed by atoms with Crippen molar-refractivity contribution in [1.82, 2.24) is 4.98 Å². The molecule has 0 atom stereocenters. The molecule has 4 rings (SSSR count). The second kappa shape index (κ2) is 5.32. The van der Waals surface area contributed by atoms with Crippen molar-refractivity contribution in [3.63, 3.8) is 0 Å². The van der Waals surface area contributed by atoms with Gasteiger partial charge >= 0.3 is 0 Å². The van der Waals surface area contributed by atoms with E-state index < -0.39 is 0 Å². The molecular formula is C19H13FN2O. The number of hydrogen-bond acceptors (Lipinski definition) is 2. The van der Waals surface area contributed by atoms with Crippen LogP contribution in [0.3, 0.4) is 0 Å². The number of aromatic nitrogens is 1. The highest BCUT2D eigenvalue weighted by Crippen LogP contribution is 2.32. The van der Waals surface area contributed by atoms with Gasteiger partial charge in [-0.25, -0.2) is 4.39 Å². The van der Waals surface area contributed by atoms with Crippen LogP contribution in [-0.2, 0) is 11.2 Å². The lowest BCUT2D eigenvalue weighted by Gasteiger charge is -2.08. The number of carbonyl (C=O) groups is 1. The molecule has 0 bridgehead atoms. The summed E-state index contributed by atoms with van der Waals surface area (Å²) in [6.45, 7) is 0. The van der Waals surface area contributed by atoms with Crippen molar-refractivity contribution < 1.29 is 9.18 Å². The van der Waals surface area contributed by atoms with Gasteiger partial charge in [-0.3, -0.25) is 9.78 Å². The maximum absolute atomic E-state index is 14.3. The lowest BCUT2D eigenvalue weighted by molar-refractivity contribution is -0.115. The van der Waals surface area contributed by atoms with Gasteiger partial charge in [0, 0.05) is 23.6 Å². The van der Waals surface area contributed by atoms with Crippen LogP contribution in [0.4, 0.5) is 10.1 Å². The van der Waals surface area contributed by atoms with Crippen LogP contribution in [0.25, 0.3) is 22.3 Å². The van der Waals surface area contributed by atoms with Crippen LogP contribution < -0.4 is 5.32 Å². The Labute approximate surface area is 132 Å². The number of nitrogens with one attached hydrogen (secondary N) is 1. The van der Waals surface area contributed by atoms with Crippen molar-refractivity contribution in [3.05, 3.63) is 72.3 Å². The fourth-order valence-corrected chi connectivity index (χ4v) is 2.86. The molecule has 1 aliphatic rings. The zero-order chi connectivity index (χ0) is 15.8. The summed E-state index contributed by atoms with van der Waals surface area (Å²) < 4.78 is 14.3. The number of halogens is 1. The largest absolute Gasteiger partial charge is 0.325 e. The molecule has 0 aliphatic carbocycles. The SMILES string of the molecule is O=C1Cc2cc(-c3ccc(-c4ccncc4)cc3)c(F)cc2N1. The molecule has 1 aliphatic heterocycles. The number of hydrogen-bond donors (Lipinski definition) is 1. The zero-order valence-electron chi connectivity index (χ0n) is 12.2. The minimum atomic E-state index is -0.331. The predicted octanol–water partition coefficient (Wildman–Crippen LogP) is 4.05. The average Bonchev–Trinajstić information content (AvgIpc) is 2.94. The summed E-state index contributed by atoms with van der Waals surface area (Å²) in [5.74, 6) is -0.424. The van der Waals surface area contributed by atoms with Crippen molar-refractivity contribution in [2.45, 2.75) is 6.42 Å². The molecule has 3 aromatic rings. The van der Waals surface area contributed by atoms with Gasteiger partial charge in [0.15, 0.2) is 0 Å². The first-order valence-corrected chi connectivity index (χ1v) is 7.34. The first-order chi connectivity index (χ1) is 11.2. The second-order valence-electron chi connectivity index (χ2n) is 5.53. The minimum Gasteiger partial charge on any atom is -0.325 e. The topological polar surface area (TPSA) is 42.0 Å². The van der Waals surface area contributed by atoms with Gasteiger partial charge in [0.05, 0.1) is 6.42 Å². The Morgan fingerprint density at radius 3 is 2.30 bits per heavy atom. The number of anilines is 1.